The van der Waals surface area contributed by atoms with E-state index in [0.717, 1.165) is 0 Å². The normalized spacial score (nSPS) is 29.4. The molecule has 1 saturated heterocycles. The van der Waals surface area contributed by atoms with Crippen molar-refractivity contribution in [1.82, 2.24) is 0 Å². The molecule has 1 rings (SSSR count). The molecule has 0 saturated carbocycles. The Morgan fingerprint density at radius 3 is 2.62 bits per heavy atom. The molecule has 0 unspecified atom stereocenters. The van der Waals surface area contributed by atoms with E-state index in [2.05, 4.69) is 6.07 Å². The Bertz CT molecular complexity index is 390. The lowest BCUT2D eigenvalue weighted by Gasteiger charge is -2.46. The predicted molar refractivity (Wildman–Crippen MR) is 75.5 cm³/mol. The summed E-state index contributed by atoms with van der Waals surface area (Å²) in [6.07, 6.45) is -0.338. The molecule has 0 bridgehead atoms. The molecule has 1 aliphatic heterocycles. The minimum atomic E-state index is -0.576. The van der Waals surface area contributed by atoms with Crippen LogP contribution in [0.1, 0.15) is 33.6 Å². The Morgan fingerprint density at radius 1 is 1.48 bits per heavy atom. The molecule has 1 aliphatic rings. The van der Waals surface area contributed by atoms with E-state index in [-0.39, 0.29) is 24.3 Å². The number of methoxy groups -OCH3 is 2. The van der Waals surface area contributed by atoms with Crippen molar-refractivity contribution < 1.29 is 23.7 Å². The molecule has 0 aliphatic carbocycles. The molecule has 6 nitrogen and oxygen atoms in total. The molecule has 0 aromatic carbocycles. The van der Waals surface area contributed by atoms with Crippen molar-refractivity contribution in [2.75, 3.05) is 20.8 Å². The van der Waals surface area contributed by atoms with Gasteiger partial charge >= 0.3 is 5.97 Å². The van der Waals surface area contributed by atoms with Gasteiger partial charge in [0, 0.05) is 39.4 Å². The van der Waals surface area contributed by atoms with E-state index in [9.17, 15) is 4.79 Å². The molecule has 1 fully saturated rings. The third kappa shape index (κ3) is 4.67. The van der Waals surface area contributed by atoms with Crippen LogP contribution in [0, 0.1) is 16.7 Å². The van der Waals surface area contributed by atoms with Crippen LogP contribution in [0.2, 0.25) is 0 Å². The fourth-order valence-electron chi connectivity index (χ4n) is 2.63. The average Bonchev–Trinajstić information content (AvgIpc) is 2.41. The second-order valence-corrected chi connectivity index (χ2v) is 5.95. The number of nitriles is 1. The number of rotatable bonds is 6. The molecule has 0 amide bonds. The molecule has 21 heavy (non-hydrogen) atoms. The Morgan fingerprint density at radius 2 is 2.14 bits per heavy atom. The number of carbonyl (C=O) groups excluding carboxylic acids is 1. The van der Waals surface area contributed by atoms with Gasteiger partial charge in [0.15, 0.2) is 0 Å². The number of nitrogens with zero attached hydrogens (tertiary/aromatic N) is 1. The zero-order valence-electron chi connectivity index (χ0n) is 13.4. The van der Waals surface area contributed by atoms with Gasteiger partial charge in [0.1, 0.15) is 12.2 Å². The fourth-order valence-corrected chi connectivity index (χ4v) is 2.63. The summed E-state index contributed by atoms with van der Waals surface area (Å²) < 4.78 is 21.7. The van der Waals surface area contributed by atoms with E-state index >= 15 is 0 Å². The molecule has 120 valence electrons. The molecule has 0 spiro atoms. The standard InChI is InChI=1S/C15H25NO5/c1-10(17)20-13-6-11(8-16)21-14(15(13,2)3)7-12(19-5)9-18-4/h11-14H,6-7,9H2,1-5H3/t11-,12-,13+,14+/m0/s1. The van der Waals surface area contributed by atoms with Gasteiger partial charge in [-0.15, -0.1) is 0 Å². The van der Waals surface area contributed by atoms with Crippen LogP contribution in [0.25, 0.3) is 0 Å². The second kappa shape index (κ2) is 7.74. The number of carbonyl (C=O) groups is 1. The van der Waals surface area contributed by atoms with Gasteiger partial charge < -0.3 is 18.9 Å². The second-order valence-electron chi connectivity index (χ2n) is 5.95. The Balaban J connectivity index is 2.88. The number of ether oxygens (including phenoxy) is 4. The fraction of sp³-hybridized carbons (Fsp3) is 0.867. The van der Waals surface area contributed by atoms with E-state index in [1.165, 1.54) is 6.92 Å². The third-order valence-corrected chi connectivity index (χ3v) is 4.03. The van der Waals surface area contributed by atoms with Crippen LogP contribution < -0.4 is 0 Å². The van der Waals surface area contributed by atoms with Gasteiger partial charge in [-0.25, -0.2) is 0 Å². The molecule has 0 radical (unpaired) electrons. The van der Waals surface area contributed by atoms with Gasteiger partial charge in [0.2, 0.25) is 0 Å². The number of esters is 1. The molecule has 0 aromatic rings. The number of hydrogen-bond donors (Lipinski definition) is 0. The van der Waals surface area contributed by atoms with Crippen LogP contribution in [-0.4, -0.2) is 51.2 Å². The maximum Gasteiger partial charge on any atom is 0.302 e. The van der Waals surface area contributed by atoms with Crippen molar-refractivity contribution in [1.29, 1.82) is 5.26 Å². The lowest BCUT2D eigenvalue weighted by atomic mass is 9.74. The summed E-state index contributed by atoms with van der Waals surface area (Å²) in [4.78, 5) is 11.3. The van der Waals surface area contributed by atoms with Crippen molar-refractivity contribution in [3.63, 3.8) is 0 Å². The van der Waals surface area contributed by atoms with E-state index in [0.29, 0.717) is 19.4 Å². The molecule has 6 heteroatoms. The van der Waals surface area contributed by atoms with E-state index in [1.54, 1.807) is 14.2 Å². The molecule has 4 atom stereocenters. The van der Waals surface area contributed by atoms with E-state index < -0.39 is 11.5 Å². The Labute approximate surface area is 126 Å². The summed E-state index contributed by atoms with van der Waals surface area (Å²) in [5.41, 5.74) is -0.399. The monoisotopic (exact) mass is 299 g/mol. The molecule has 1 heterocycles. The van der Waals surface area contributed by atoms with Crippen LogP contribution in [0.5, 0.6) is 0 Å². The zero-order chi connectivity index (χ0) is 16.0. The van der Waals surface area contributed by atoms with Gasteiger partial charge in [0.05, 0.1) is 24.9 Å². The smallest absolute Gasteiger partial charge is 0.302 e. The predicted octanol–water partition coefficient (Wildman–Crippen LogP) is 1.68. The topological polar surface area (TPSA) is 77.8 Å². The van der Waals surface area contributed by atoms with Crippen LogP contribution in [0.15, 0.2) is 0 Å². The van der Waals surface area contributed by atoms with Crippen LogP contribution in [0.4, 0.5) is 0 Å². The molecule has 0 aromatic heterocycles. The highest BCUT2D eigenvalue weighted by atomic mass is 16.6. The highest BCUT2D eigenvalue weighted by Gasteiger charge is 2.47. The summed E-state index contributed by atoms with van der Waals surface area (Å²) in [7, 11) is 3.23. The van der Waals surface area contributed by atoms with Crippen LogP contribution in [-0.2, 0) is 23.7 Å². The SMILES string of the molecule is COC[C@H](C[C@H]1O[C@H](C#N)C[C@@H](OC(C)=O)C1(C)C)OC. The summed E-state index contributed by atoms with van der Waals surface area (Å²) in [6.45, 7) is 5.80. The van der Waals surface area contributed by atoms with Crippen LogP contribution in [0.3, 0.4) is 0 Å². The van der Waals surface area contributed by atoms with Crippen LogP contribution >= 0.6 is 0 Å². The van der Waals surface area contributed by atoms with Gasteiger partial charge in [-0.05, 0) is 0 Å². The first-order chi connectivity index (χ1) is 9.84. The first-order valence-electron chi connectivity index (χ1n) is 7.09. The summed E-state index contributed by atoms with van der Waals surface area (Å²) in [5.74, 6) is -0.342. The molecular weight excluding hydrogens is 274 g/mol. The van der Waals surface area contributed by atoms with Gasteiger partial charge in [-0.1, -0.05) is 13.8 Å². The average molecular weight is 299 g/mol. The number of hydrogen-bond acceptors (Lipinski definition) is 6. The Kier molecular flexibility index (Phi) is 6.59. The minimum Gasteiger partial charge on any atom is -0.462 e. The highest BCUT2D eigenvalue weighted by molar-refractivity contribution is 5.66. The van der Waals surface area contributed by atoms with E-state index in [1.807, 2.05) is 13.8 Å². The summed E-state index contributed by atoms with van der Waals surface area (Å²) in [5, 5.41) is 9.15. The van der Waals surface area contributed by atoms with Gasteiger partial charge in [-0.2, -0.15) is 5.26 Å². The maximum absolute atomic E-state index is 11.3. The minimum absolute atomic E-state index is 0.130. The summed E-state index contributed by atoms with van der Waals surface area (Å²) >= 11 is 0. The maximum atomic E-state index is 11.3. The highest BCUT2D eigenvalue weighted by Crippen LogP contribution is 2.40. The van der Waals surface area contributed by atoms with Crippen molar-refractivity contribution >= 4 is 5.97 Å². The lowest BCUT2D eigenvalue weighted by Crippen LogP contribution is -2.53. The van der Waals surface area contributed by atoms with Gasteiger partial charge in [0.25, 0.3) is 0 Å². The largest absolute Gasteiger partial charge is 0.462 e. The van der Waals surface area contributed by atoms with Crippen molar-refractivity contribution in [2.45, 2.75) is 58.0 Å². The molecule has 0 N–H and O–H groups in total. The Hall–Kier alpha value is -1.16. The zero-order valence-corrected chi connectivity index (χ0v) is 13.4. The van der Waals surface area contributed by atoms with Crippen molar-refractivity contribution in [2.24, 2.45) is 5.41 Å². The first kappa shape index (κ1) is 17.9. The first-order valence-corrected chi connectivity index (χ1v) is 7.09. The third-order valence-electron chi connectivity index (χ3n) is 4.03. The summed E-state index contributed by atoms with van der Waals surface area (Å²) in [6, 6.07) is 2.11. The quantitative estimate of drug-likeness (QED) is 0.694. The van der Waals surface area contributed by atoms with E-state index in [4.69, 9.17) is 24.2 Å². The van der Waals surface area contributed by atoms with Gasteiger partial charge in [-0.3, -0.25) is 4.79 Å². The lowest BCUT2D eigenvalue weighted by molar-refractivity contribution is -0.194. The molecular formula is C15H25NO5. The van der Waals surface area contributed by atoms with Crippen molar-refractivity contribution in [3.05, 3.63) is 0 Å². The van der Waals surface area contributed by atoms with Crippen molar-refractivity contribution in [3.8, 4) is 6.07 Å².